The molecule has 1 saturated heterocycles. The number of amides is 1. The highest BCUT2D eigenvalue weighted by Gasteiger charge is 2.23. The Bertz CT molecular complexity index is 1230. The van der Waals surface area contributed by atoms with Crippen molar-refractivity contribution in [1.82, 2.24) is 19.5 Å². The van der Waals surface area contributed by atoms with E-state index in [-0.39, 0.29) is 18.0 Å². The van der Waals surface area contributed by atoms with Crippen LogP contribution < -0.4 is 16.4 Å². The summed E-state index contributed by atoms with van der Waals surface area (Å²) in [5.74, 6) is 0.232. The number of rotatable bonds is 4. The Labute approximate surface area is 176 Å². The summed E-state index contributed by atoms with van der Waals surface area (Å²) in [6.45, 7) is 1.16. The van der Waals surface area contributed by atoms with Crippen molar-refractivity contribution in [3.8, 4) is 0 Å². The van der Waals surface area contributed by atoms with Crippen LogP contribution in [0.25, 0.3) is 21.3 Å². The number of nitrogens with two attached hydrogens (primary N) is 1. The molecule has 154 valence electrons. The Morgan fingerprint density at radius 2 is 2.23 bits per heavy atom. The largest absolute Gasteiger partial charge is 0.380 e. The van der Waals surface area contributed by atoms with Gasteiger partial charge in [0, 0.05) is 31.1 Å². The number of nitrogens with zero attached hydrogens (tertiary/aromatic N) is 4. The molecule has 4 N–H and O–H groups in total. The number of benzene rings is 1. The third-order valence-corrected chi connectivity index (χ3v) is 6.18. The van der Waals surface area contributed by atoms with Crippen LogP contribution in [0, 0.1) is 0 Å². The number of para-hydroxylation sites is 1. The molecule has 3 aromatic heterocycles. The Hall–Kier alpha value is -3.08. The van der Waals surface area contributed by atoms with Gasteiger partial charge in [-0.25, -0.2) is 15.0 Å². The van der Waals surface area contributed by atoms with Crippen LogP contribution in [0.15, 0.2) is 36.1 Å². The molecule has 0 aliphatic carbocycles. The van der Waals surface area contributed by atoms with Crippen molar-refractivity contribution in [2.24, 2.45) is 12.8 Å². The van der Waals surface area contributed by atoms with Crippen LogP contribution in [0.4, 0.5) is 11.6 Å². The van der Waals surface area contributed by atoms with Crippen LogP contribution >= 0.6 is 11.3 Å². The normalized spacial score (nSPS) is 19.3. The van der Waals surface area contributed by atoms with E-state index >= 15 is 0 Å². The minimum atomic E-state index is -0.230. The molecule has 5 rings (SSSR count). The van der Waals surface area contributed by atoms with E-state index in [1.54, 1.807) is 17.9 Å². The second-order valence-electron chi connectivity index (χ2n) is 7.32. The number of imidazole rings is 1. The minimum absolute atomic E-state index is 0.0360. The minimum Gasteiger partial charge on any atom is -0.380 e. The standard InChI is InChI=1S/C20H21N7O2S/c1-27-10-23-18-14(3-2-4-15(18)27)24-19(28)11-9-30-16-7-22-20(26-17(11)16)25-13-5-6-29-8-12(13)21/h2-4,7,9-10,12-13H,5-6,8,21H2,1H3,(H,24,28)(H,22,25,26). The smallest absolute Gasteiger partial charge is 0.258 e. The first-order valence-electron chi connectivity index (χ1n) is 9.65. The third kappa shape index (κ3) is 3.38. The van der Waals surface area contributed by atoms with Crippen molar-refractivity contribution < 1.29 is 9.53 Å². The number of nitrogens with one attached hydrogen (secondary N) is 2. The quantitative estimate of drug-likeness (QED) is 0.461. The fourth-order valence-electron chi connectivity index (χ4n) is 3.61. The molecule has 10 heteroatoms. The lowest BCUT2D eigenvalue weighted by atomic mass is 10.1. The summed E-state index contributed by atoms with van der Waals surface area (Å²) in [7, 11) is 1.92. The number of ether oxygens (including phenoxy) is 1. The van der Waals surface area contributed by atoms with Crippen LogP contribution in [-0.2, 0) is 11.8 Å². The number of thiophene rings is 1. The number of hydrogen-bond acceptors (Lipinski definition) is 8. The zero-order chi connectivity index (χ0) is 20.7. The average Bonchev–Trinajstić information content (AvgIpc) is 3.34. The molecular weight excluding hydrogens is 402 g/mol. The van der Waals surface area contributed by atoms with E-state index in [4.69, 9.17) is 10.5 Å². The first-order chi connectivity index (χ1) is 14.6. The van der Waals surface area contributed by atoms with Gasteiger partial charge >= 0.3 is 0 Å². The average molecular weight is 424 g/mol. The van der Waals surface area contributed by atoms with E-state index in [1.165, 1.54) is 11.3 Å². The number of carbonyl (C=O) groups excluding carboxylic acids is 1. The molecule has 9 nitrogen and oxygen atoms in total. The first-order valence-corrected chi connectivity index (χ1v) is 10.5. The second kappa shape index (κ2) is 7.63. The number of fused-ring (bicyclic) bond motifs is 2. The second-order valence-corrected chi connectivity index (χ2v) is 8.23. The Kier molecular flexibility index (Phi) is 4.81. The molecule has 1 fully saturated rings. The van der Waals surface area contributed by atoms with Gasteiger partial charge in [-0.05, 0) is 18.6 Å². The van der Waals surface area contributed by atoms with E-state index < -0.39 is 0 Å². The summed E-state index contributed by atoms with van der Waals surface area (Å²) in [4.78, 5) is 26.4. The maximum Gasteiger partial charge on any atom is 0.258 e. The van der Waals surface area contributed by atoms with Gasteiger partial charge in [-0.2, -0.15) is 0 Å². The Morgan fingerprint density at radius 3 is 3.10 bits per heavy atom. The Balaban J connectivity index is 1.42. The van der Waals surface area contributed by atoms with Gasteiger partial charge in [0.2, 0.25) is 5.95 Å². The maximum atomic E-state index is 13.0. The molecule has 1 aliphatic rings. The van der Waals surface area contributed by atoms with Crippen molar-refractivity contribution in [3.63, 3.8) is 0 Å². The van der Waals surface area contributed by atoms with E-state index in [9.17, 15) is 4.79 Å². The van der Waals surface area contributed by atoms with Crippen molar-refractivity contribution >= 4 is 50.1 Å². The van der Waals surface area contributed by atoms with Crippen LogP contribution in [0.5, 0.6) is 0 Å². The van der Waals surface area contributed by atoms with Crippen molar-refractivity contribution in [2.75, 3.05) is 23.8 Å². The molecule has 1 aromatic carbocycles. The summed E-state index contributed by atoms with van der Waals surface area (Å²) < 4.78 is 8.14. The molecule has 1 aliphatic heterocycles. The van der Waals surface area contributed by atoms with E-state index in [1.807, 2.05) is 29.8 Å². The summed E-state index contributed by atoms with van der Waals surface area (Å²) >= 11 is 1.44. The van der Waals surface area contributed by atoms with Gasteiger partial charge in [-0.15, -0.1) is 11.3 Å². The molecule has 4 heterocycles. The van der Waals surface area contributed by atoms with Crippen LogP contribution in [-0.4, -0.2) is 50.7 Å². The van der Waals surface area contributed by atoms with Gasteiger partial charge in [0.1, 0.15) is 5.52 Å². The van der Waals surface area contributed by atoms with Crippen LogP contribution in [0.3, 0.4) is 0 Å². The zero-order valence-electron chi connectivity index (χ0n) is 16.3. The molecule has 0 radical (unpaired) electrons. The number of hydrogen-bond donors (Lipinski definition) is 3. The number of carbonyl (C=O) groups is 1. The van der Waals surface area contributed by atoms with Gasteiger partial charge in [0.15, 0.2) is 0 Å². The summed E-state index contributed by atoms with van der Waals surface area (Å²) in [6, 6.07) is 5.61. The number of aryl methyl sites for hydroxylation is 1. The van der Waals surface area contributed by atoms with Gasteiger partial charge in [0.05, 0.1) is 46.1 Å². The van der Waals surface area contributed by atoms with Gasteiger partial charge < -0.3 is 25.7 Å². The van der Waals surface area contributed by atoms with Crippen LogP contribution in [0.1, 0.15) is 16.8 Å². The van der Waals surface area contributed by atoms with Gasteiger partial charge in [-0.3, -0.25) is 4.79 Å². The first kappa shape index (κ1) is 18.9. The predicted octanol–water partition coefficient (Wildman–Crippen LogP) is 2.36. The lowest BCUT2D eigenvalue weighted by molar-refractivity contribution is 0.0751. The molecule has 0 saturated carbocycles. The highest BCUT2D eigenvalue weighted by atomic mass is 32.1. The van der Waals surface area contributed by atoms with Crippen molar-refractivity contribution in [3.05, 3.63) is 41.7 Å². The van der Waals surface area contributed by atoms with Gasteiger partial charge in [-0.1, -0.05) is 6.07 Å². The topological polar surface area (TPSA) is 120 Å². The number of aromatic nitrogens is 4. The monoisotopic (exact) mass is 423 g/mol. The maximum absolute atomic E-state index is 13.0. The fourth-order valence-corrected chi connectivity index (χ4v) is 4.46. The molecule has 1 amide bonds. The zero-order valence-corrected chi connectivity index (χ0v) is 17.1. The SMILES string of the molecule is Cn1cnc2c(NC(=O)c3csc4cnc(NC5CCOCC5N)nc34)cccc21. The lowest BCUT2D eigenvalue weighted by Gasteiger charge is -2.29. The van der Waals surface area contributed by atoms with E-state index in [0.29, 0.717) is 35.9 Å². The summed E-state index contributed by atoms with van der Waals surface area (Å²) in [5.41, 5.74) is 9.60. The molecule has 30 heavy (non-hydrogen) atoms. The van der Waals surface area contributed by atoms with Crippen molar-refractivity contribution in [2.45, 2.75) is 18.5 Å². The lowest BCUT2D eigenvalue weighted by Crippen LogP contribution is -2.47. The van der Waals surface area contributed by atoms with Gasteiger partial charge in [0.25, 0.3) is 5.91 Å². The van der Waals surface area contributed by atoms with E-state index in [0.717, 1.165) is 22.2 Å². The van der Waals surface area contributed by atoms with Crippen LogP contribution in [0.2, 0.25) is 0 Å². The fraction of sp³-hybridized carbons (Fsp3) is 0.300. The predicted molar refractivity (Wildman–Crippen MR) is 117 cm³/mol. The van der Waals surface area contributed by atoms with E-state index in [2.05, 4.69) is 25.6 Å². The highest BCUT2D eigenvalue weighted by Crippen LogP contribution is 2.27. The van der Waals surface area contributed by atoms with Crippen molar-refractivity contribution in [1.29, 1.82) is 0 Å². The third-order valence-electron chi connectivity index (χ3n) is 5.28. The highest BCUT2D eigenvalue weighted by molar-refractivity contribution is 7.17. The Morgan fingerprint density at radius 1 is 1.33 bits per heavy atom. The molecule has 2 unspecified atom stereocenters. The summed E-state index contributed by atoms with van der Waals surface area (Å²) in [6.07, 6.45) is 4.25. The molecular formula is C20H21N7O2S. The molecule has 0 spiro atoms. The molecule has 2 atom stereocenters. The summed E-state index contributed by atoms with van der Waals surface area (Å²) in [5, 5.41) is 8.07. The molecule has 4 aromatic rings. The molecule has 0 bridgehead atoms. The number of anilines is 2.